The summed E-state index contributed by atoms with van der Waals surface area (Å²) < 4.78 is 40.5. The zero-order valence-corrected chi connectivity index (χ0v) is 16.5. The van der Waals surface area contributed by atoms with Gasteiger partial charge in [-0.2, -0.15) is 18.2 Å². The molecule has 28 heavy (non-hydrogen) atoms. The van der Waals surface area contributed by atoms with Crippen molar-refractivity contribution < 1.29 is 18.3 Å². The summed E-state index contributed by atoms with van der Waals surface area (Å²) in [4.78, 5) is 9.46. The molecule has 0 aliphatic heterocycles. The van der Waals surface area contributed by atoms with Crippen molar-refractivity contribution >= 4 is 40.7 Å². The van der Waals surface area contributed by atoms with Gasteiger partial charge in [0.05, 0.1) is 16.1 Å². The van der Waals surface area contributed by atoms with E-state index < -0.39 is 17.8 Å². The van der Waals surface area contributed by atoms with Crippen LogP contribution in [0.2, 0.25) is 10.0 Å². The Balaban J connectivity index is 1.91. The number of aromatic nitrogens is 2. The van der Waals surface area contributed by atoms with Crippen molar-refractivity contribution in [2.75, 3.05) is 17.3 Å². The number of hydrogen-bond acceptors (Lipinski definition) is 5. The Morgan fingerprint density at radius 2 is 1.82 bits per heavy atom. The molecule has 0 spiro atoms. The monoisotopic (exact) mass is 434 g/mol. The van der Waals surface area contributed by atoms with Gasteiger partial charge in [0.25, 0.3) is 0 Å². The first-order valence-electron chi connectivity index (χ1n) is 8.72. The summed E-state index contributed by atoms with van der Waals surface area (Å²) in [6, 6.07) is 4.59. The molecule has 0 amide bonds. The number of halogens is 5. The Hall–Kier alpha value is -1.77. The average molecular weight is 435 g/mol. The van der Waals surface area contributed by atoms with Crippen molar-refractivity contribution in [3.8, 4) is 0 Å². The van der Waals surface area contributed by atoms with E-state index in [0.717, 1.165) is 6.20 Å². The van der Waals surface area contributed by atoms with Crippen LogP contribution in [0.5, 0.6) is 0 Å². The molecular weight excluding hydrogens is 416 g/mol. The molecular formula is C18H19Cl2F3N4O. The number of alkyl halides is 3. The first kappa shape index (κ1) is 21.0. The van der Waals surface area contributed by atoms with Crippen LogP contribution in [0.15, 0.2) is 24.4 Å². The Labute approximate surface area is 170 Å². The zero-order valence-electron chi connectivity index (χ0n) is 15.0. The second-order valence-corrected chi connectivity index (χ2v) is 7.57. The summed E-state index contributed by atoms with van der Waals surface area (Å²) in [7, 11) is 1.59. The van der Waals surface area contributed by atoms with E-state index in [9.17, 15) is 18.3 Å². The van der Waals surface area contributed by atoms with Crippen molar-refractivity contribution in [3.63, 3.8) is 0 Å². The minimum Gasteiger partial charge on any atom is -0.393 e. The van der Waals surface area contributed by atoms with E-state index in [4.69, 9.17) is 23.2 Å². The second-order valence-electron chi connectivity index (χ2n) is 6.76. The van der Waals surface area contributed by atoms with Gasteiger partial charge in [0.2, 0.25) is 5.95 Å². The predicted molar refractivity (Wildman–Crippen MR) is 103 cm³/mol. The molecule has 152 valence electrons. The standard InChI is InChI=1S/C18H19Cl2F3N4O/c1-27(11-3-5-12(28)6-4-11)16-13(18(21,22)23)9-24-17(26-16)25-10-2-7-14(19)15(20)8-10/h2,7-9,11-12,28H,3-6H2,1H3,(H,24,25,26). The molecule has 5 nitrogen and oxygen atoms in total. The summed E-state index contributed by atoms with van der Waals surface area (Å²) in [6.45, 7) is 0. The third-order valence-electron chi connectivity index (χ3n) is 4.80. The van der Waals surface area contributed by atoms with Gasteiger partial charge >= 0.3 is 6.18 Å². The second kappa shape index (κ2) is 8.31. The summed E-state index contributed by atoms with van der Waals surface area (Å²) >= 11 is 11.8. The lowest BCUT2D eigenvalue weighted by molar-refractivity contribution is -0.137. The van der Waals surface area contributed by atoms with Crippen LogP contribution < -0.4 is 10.2 Å². The molecule has 0 saturated heterocycles. The number of nitrogens with zero attached hydrogens (tertiary/aromatic N) is 3. The molecule has 2 N–H and O–H groups in total. The van der Waals surface area contributed by atoms with E-state index in [-0.39, 0.29) is 17.8 Å². The molecule has 1 aliphatic rings. The van der Waals surface area contributed by atoms with Crippen LogP contribution in [-0.4, -0.2) is 34.3 Å². The average Bonchev–Trinajstić information content (AvgIpc) is 2.64. The van der Waals surface area contributed by atoms with Gasteiger partial charge in [0.15, 0.2) is 0 Å². The predicted octanol–water partition coefficient (Wildman–Crippen LogP) is 5.29. The Kier molecular flexibility index (Phi) is 6.21. The van der Waals surface area contributed by atoms with E-state index in [1.165, 1.54) is 11.0 Å². The third kappa shape index (κ3) is 4.79. The Bertz CT molecular complexity index is 842. The molecule has 0 radical (unpaired) electrons. The van der Waals surface area contributed by atoms with Crippen molar-refractivity contribution in [2.24, 2.45) is 0 Å². The number of aliphatic hydroxyl groups excluding tert-OH is 1. The summed E-state index contributed by atoms with van der Waals surface area (Å²) in [5.74, 6) is -0.185. The quantitative estimate of drug-likeness (QED) is 0.684. The SMILES string of the molecule is CN(c1nc(Nc2ccc(Cl)c(Cl)c2)ncc1C(F)(F)F)C1CCC(O)CC1. The smallest absolute Gasteiger partial charge is 0.393 e. The van der Waals surface area contributed by atoms with Crippen molar-refractivity contribution in [2.45, 2.75) is 44.0 Å². The molecule has 1 aliphatic carbocycles. The van der Waals surface area contributed by atoms with Gasteiger partial charge in [-0.3, -0.25) is 0 Å². The van der Waals surface area contributed by atoms with E-state index in [1.54, 1.807) is 19.2 Å². The van der Waals surface area contributed by atoms with Gasteiger partial charge in [0.1, 0.15) is 11.4 Å². The third-order valence-corrected chi connectivity index (χ3v) is 5.54. The highest BCUT2D eigenvalue weighted by atomic mass is 35.5. The first-order chi connectivity index (χ1) is 13.1. The molecule has 0 bridgehead atoms. The molecule has 0 unspecified atom stereocenters. The topological polar surface area (TPSA) is 61.3 Å². The van der Waals surface area contributed by atoms with Crippen LogP contribution in [0.3, 0.4) is 0 Å². The first-order valence-corrected chi connectivity index (χ1v) is 9.48. The molecule has 0 atom stereocenters. The van der Waals surface area contributed by atoms with Gasteiger partial charge in [-0.25, -0.2) is 4.98 Å². The van der Waals surface area contributed by atoms with Crippen LogP contribution in [-0.2, 0) is 6.18 Å². The van der Waals surface area contributed by atoms with Gasteiger partial charge < -0.3 is 15.3 Å². The number of hydrogen-bond donors (Lipinski definition) is 2. The van der Waals surface area contributed by atoms with Crippen LogP contribution in [0, 0.1) is 0 Å². The van der Waals surface area contributed by atoms with Crippen LogP contribution in [0.4, 0.5) is 30.6 Å². The normalized spacial score (nSPS) is 20.1. The number of rotatable bonds is 4. The highest BCUT2D eigenvalue weighted by molar-refractivity contribution is 6.42. The fourth-order valence-electron chi connectivity index (χ4n) is 3.22. The minimum atomic E-state index is -4.58. The molecule has 2 aromatic rings. The van der Waals surface area contributed by atoms with Gasteiger partial charge in [-0.15, -0.1) is 0 Å². The highest BCUT2D eigenvalue weighted by Crippen LogP contribution is 2.37. The lowest BCUT2D eigenvalue weighted by Gasteiger charge is -2.35. The summed E-state index contributed by atoms with van der Waals surface area (Å²) in [5.41, 5.74) is -0.399. The maximum absolute atomic E-state index is 13.5. The zero-order chi connectivity index (χ0) is 20.5. The maximum Gasteiger partial charge on any atom is 0.421 e. The Morgan fingerprint density at radius 1 is 1.14 bits per heavy atom. The minimum absolute atomic E-state index is 0.0177. The molecule has 10 heteroatoms. The molecule has 3 rings (SSSR count). The van der Waals surface area contributed by atoms with E-state index in [0.29, 0.717) is 41.4 Å². The number of anilines is 3. The molecule has 1 heterocycles. The molecule has 1 saturated carbocycles. The Morgan fingerprint density at radius 3 is 2.43 bits per heavy atom. The number of aliphatic hydroxyl groups is 1. The number of benzene rings is 1. The van der Waals surface area contributed by atoms with E-state index in [1.807, 2.05) is 0 Å². The molecule has 1 aromatic heterocycles. The van der Waals surface area contributed by atoms with Crippen LogP contribution in [0.25, 0.3) is 0 Å². The van der Waals surface area contributed by atoms with E-state index in [2.05, 4.69) is 15.3 Å². The molecule has 1 aromatic carbocycles. The van der Waals surface area contributed by atoms with Gasteiger partial charge in [0, 0.05) is 25.0 Å². The van der Waals surface area contributed by atoms with Gasteiger partial charge in [-0.1, -0.05) is 23.2 Å². The fourth-order valence-corrected chi connectivity index (χ4v) is 3.52. The number of nitrogens with one attached hydrogen (secondary N) is 1. The lowest BCUT2D eigenvalue weighted by Crippen LogP contribution is -2.38. The van der Waals surface area contributed by atoms with Crippen molar-refractivity contribution in [1.29, 1.82) is 0 Å². The van der Waals surface area contributed by atoms with Crippen molar-refractivity contribution in [3.05, 3.63) is 40.0 Å². The molecule has 1 fully saturated rings. The van der Waals surface area contributed by atoms with Gasteiger partial charge in [-0.05, 0) is 43.9 Å². The van der Waals surface area contributed by atoms with Crippen LogP contribution in [0.1, 0.15) is 31.2 Å². The van der Waals surface area contributed by atoms with Crippen LogP contribution >= 0.6 is 23.2 Å². The lowest BCUT2D eigenvalue weighted by atomic mass is 9.92. The summed E-state index contributed by atoms with van der Waals surface area (Å²) in [5, 5.41) is 13.2. The fraction of sp³-hybridized carbons (Fsp3) is 0.444. The highest BCUT2D eigenvalue weighted by Gasteiger charge is 2.38. The largest absolute Gasteiger partial charge is 0.421 e. The van der Waals surface area contributed by atoms with E-state index >= 15 is 0 Å². The maximum atomic E-state index is 13.5. The van der Waals surface area contributed by atoms with Crippen molar-refractivity contribution in [1.82, 2.24) is 9.97 Å². The summed E-state index contributed by atoms with van der Waals surface area (Å²) in [6.07, 6.45) is -1.92.